The quantitative estimate of drug-likeness (QED) is 0.299. The van der Waals surface area contributed by atoms with Crippen LogP contribution in [0.3, 0.4) is 0 Å². The molecule has 0 amide bonds. The van der Waals surface area contributed by atoms with Crippen molar-refractivity contribution >= 4 is 76.5 Å². The largest absolute Gasteiger partial charge is 0.455 e. The first-order chi connectivity index (χ1) is 11.8. The van der Waals surface area contributed by atoms with Gasteiger partial charge in [0.15, 0.2) is 0 Å². The molecule has 5 heterocycles. The van der Waals surface area contributed by atoms with Crippen molar-refractivity contribution in [3.8, 4) is 9.75 Å². The van der Waals surface area contributed by atoms with Crippen molar-refractivity contribution in [2.45, 2.75) is 6.92 Å². The molecule has 5 aromatic heterocycles. The minimum Gasteiger partial charge on any atom is -0.455 e. The average molecular weight is 366 g/mol. The number of hydrogen-bond acceptors (Lipinski definition) is 5. The Morgan fingerprint density at radius 2 is 1.58 bits per heavy atom. The number of fused-ring (bicyclic) bond motifs is 6. The molecule has 0 bridgehead atoms. The van der Waals surface area contributed by atoms with Gasteiger partial charge < -0.3 is 8.83 Å². The van der Waals surface area contributed by atoms with E-state index in [1.54, 1.807) is 22.7 Å². The summed E-state index contributed by atoms with van der Waals surface area (Å²) in [6, 6.07) is 10.7. The molecule has 0 unspecified atom stereocenters. The van der Waals surface area contributed by atoms with Gasteiger partial charge in [0.05, 0.1) is 9.40 Å². The molecule has 0 saturated carbocycles. The Labute approximate surface area is 148 Å². The minimum absolute atomic E-state index is 0.902. The molecule has 0 saturated heterocycles. The van der Waals surface area contributed by atoms with Gasteiger partial charge in [0.2, 0.25) is 0 Å². The molecule has 6 aromatic rings. The van der Waals surface area contributed by atoms with Crippen LogP contribution in [0.25, 0.3) is 52.3 Å². The molecule has 24 heavy (non-hydrogen) atoms. The Kier molecular flexibility index (Phi) is 2.49. The summed E-state index contributed by atoms with van der Waals surface area (Å²) in [5, 5.41) is 6.62. The number of furan rings is 2. The summed E-state index contributed by atoms with van der Waals surface area (Å²) < 4.78 is 14.5. The standard InChI is InChI=1S/C19H10O2S3/c1-9-4-16(23-8-9)17-7-15-19(24-17)11-5-10-13(6-14(11)21-15)20-12-2-3-22-18(10)12/h2-8H,1H3. The third-order valence-corrected chi connectivity index (χ3v) is 7.63. The predicted molar refractivity (Wildman–Crippen MR) is 105 cm³/mol. The molecule has 6 rings (SSSR count). The minimum atomic E-state index is 0.902. The van der Waals surface area contributed by atoms with Crippen LogP contribution in [0, 0.1) is 6.92 Å². The summed E-state index contributed by atoms with van der Waals surface area (Å²) in [6.45, 7) is 2.13. The molecule has 0 atom stereocenters. The maximum Gasteiger partial charge on any atom is 0.146 e. The van der Waals surface area contributed by atoms with Gasteiger partial charge in [0.1, 0.15) is 22.3 Å². The molecule has 116 valence electrons. The maximum absolute atomic E-state index is 6.10. The van der Waals surface area contributed by atoms with E-state index in [9.17, 15) is 0 Å². The van der Waals surface area contributed by atoms with E-state index in [2.05, 4.69) is 35.9 Å². The van der Waals surface area contributed by atoms with Crippen LogP contribution in [-0.2, 0) is 0 Å². The fraction of sp³-hybridized carbons (Fsp3) is 0.0526. The van der Waals surface area contributed by atoms with Crippen LogP contribution in [0.5, 0.6) is 0 Å². The van der Waals surface area contributed by atoms with Crippen molar-refractivity contribution < 1.29 is 8.83 Å². The second-order valence-corrected chi connectivity index (χ2v) is 8.83. The van der Waals surface area contributed by atoms with Crippen LogP contribution >= 0.6 is 34.0 Å². The second-order valence-electron chi connectivity index (χ2n) is 5.95. The van der Waals surface area contributed by atoms with E-state index in [1.165, 1.54) is 35.5 Å². The Morgan fingerprint density at radius 1 is 0.750 bits per heavy atom. The van der Waals surface area contributed by atoms with Gasteiger partial charge in [-0.25, -0.2) is 0 Å². The van der Waals surface area contributed by atoms with Gasteiger partial charge >= 0.3 is 0 Å². The third-order valence-electron chi connectivity index (χ3n) is 4.31. The number of benzene rings is 1. The Bertz CT molecular complexity index is 1370. The van der Waals surface area contributed by atoms with Gasteiger partial charge in [-0.1, -0.05) is 0 Å². The Hall–Kier alpha value is -2.08. The van der Waals surface area contributed by atoms with Gasteiger partial charge in [-0.2, -0.15) is 0 Å². The normalized spacial score (nSPS) is 12.4. The molecular weight excluding hydrogens is 356 g/mol. The van der Waals surface area contributed by atoms with Crippen LogP contribution < -0.4 is 0 Å². The molecule has 2 nitrogen and oxygen atoms in total. The zero-order valence-electron chi connectivity index (χ0n) is 12.6. The first-order valence-corrected chi connectivity index (χ1v) is 10.2. The van der Waals surface area contributed by atoms with Crippen LogP contribution in [0.1, 0.15) is 5.56 Å². The highest BCUT2D eigenvalue weighted by Crippen LogP contribution is 2.44. The van der Waals surface area contributed by atoms with Crippen molar-refractivity contribution in [2.75, 3.05) is 0 Å². The van der Waals surface area contributed by atoms with Crippen LogP contribution in [0.4, 0.5) is 0 Å². The highest BCUT2D eigenvalue weighted by molar-refractivity contribution is 7.26. The molecular formula is C19H10O2S3. The zero-order chi connectivity index (χ0) is 15.8. The third kappa shape index (κ3) is 1.69. The van der Waals surface area contributed by atoms with Crippen LogP contribution in [-0.4, -0.2) is 0 Å². The SMILES string of the molecule is Cc1csc(-c2cc3oc4cc5oc6ccsc6c5cc4c3s2)c1. The van der Waals surface area contributed by atoms with Gasteiger partial charge in [0, 0.05) is 32.7 Å². The summed E-state index contributed by atoms with van der Waals surface area (Å²) in [6.07, 6.45) is 0. The number of aryl methyl sites for hydroxylation is 1. The molecule has 0 fully saturated rings. The van der Waals surface area contributed by atoms with Crippen molar-refractivity contribution in [1.82, 2.24) is 0 Å². The number of thiophene rings is 3. The topological polar surface area (TPSA) is 26.3 Å². The molecule has 0 aliphatic carbocycles. The van der Waals surface area contributed by atoms with E-state index >= 15 is 0 Å². The van der Waals surface area contributed by atoms with Gasteiger partial charge in [-0.3, -0.25) is 0 Å². The molecule has 0 aliphatic rings. The summed E-state index contributed by atoms with van der Waals surface area (Å²) in [5.74, 6) is 0. The summed E-state index contributed by atoms with van der Waals surface area (Å²) >= 11 is 5.32. The number of rotatable bonds is 1. The molecule has 0 N–H and O–H groups in total. The van der Waals surface area contributed by atoms with E-state index in [4.69, 9.17) is 8.83 Å². The Balaban J connectivity index is 1.68. The maximum atomic E-state index is 6.10. The zero-order valence-corrected chi connectivity index (χ0v) is 15.0. The average Bonchev–Trinajstić information content (AvgIpc) is 3.29. The van der Waals surface area contributed by atoms with Crippen LogP contribution in [0.15, 0.2) is 49.9 Å². The van der Waals surface area contributed by atoms with E-state index in [0.29, 0.717) is 0 Å². The van der Waals surface area contributed by atoms with E-state index < -0.39 is 0 Å². The molecule has 1 aromatic carbocycles. The van der Waals surface area contributed by atoms with Gasteiger partial charge in [-0.05, 0) is 41.4 Å². The van der Waals surface area contributed by atoms with E-state index in [-0.39, 0.29) is 0 Å². The highest BCUT2D eigenvalue weighted by Gasteiger charge is 2.17. The first kappa shape index (κ1) is 13.2. The summed E-state index contributed by atoms with van der Waals surface area (Å²) in [7, 11) is 0. The number of hydrogen-bond donors (Lipinski definition) is 0. The van der Waals surface area contributed by atoms with E-state index in [0.717, 1.165) is 22.3 Å². The lowest BCUT2D eigenvalue weighted by molar-refractivity contribution is 0.657. The lowest BCUT2D eigenvalue weighted by atomic mass is 10.2. The fourth-order valence-electron chi connectivity index (χ4n) is 3.22. The smallest absolute Gasteiger partial charge is 0.146 e. The summed E-state index contributed by atoms with van der Waals surface area (Å²) in [5.41, 5.74) is 5.04. The lowest BCUT2D eigenvalue weighted by Crippen LogP contribution is -1.66. The van der Waals surface area contributed by atoms with Crippen molar-refractivity contribution in [3.63, 3.8) is 0 Å². The van der Waals surface area contributed by atoms with Gasteiger partial charge in [0.25, 0.3) is 0 Å². The Morgan fingerprint density at radius 3 is 2.42 bits per heavy atom. The van der Waals surface area contributed by atoms with Gasteiger partial charge in [-0.15, -0.1) is 34.0 Å². The van der Waals surface area contributed by atoms with Crippen molar-refractivity contribution in [1.29, 1.82) is 0 Å². The summed E-state index contributed by atoms with van der Waals surface area (Å²) in [4.78, 5) is 2.58. The van der Waals surface area contributed by atoms with Crippen LogP contribution in [0.2, 0.25) is 0 Å². The second kappa shape index (κ2) is 4.51. The predicted octanol–water partition coefficient (Wildman–Crippen LogP) is 7.65. The lowest BCUT2D eigenvalue weighted by Gasteiger charge is -1.91. The molecule has 0 radical (unpaired) electrons. The monoisotopic (exact) mass is 366 g/mol. The van der Waals surface area contributed by atoms with Crippen molar-refractivity contribution in [2.24, 2.45) is 0 Å². The fourth-order valence-corrected chi connectivity index (χ4v) is 6.15. The molecule has 5 heteroatoms. The molecule has 0 aliphatic heterocycles. The first-order valence-electron chi connectivity index (χ1n) is 7.57. The molecule has 0 spiro atoms. The van der Waals surface area contributed by atoms with Crippen molar-refractivity contribution in [3.05, 3.63) is 46.7 Å². The van der Waals surface area contributed by atoms with E-state index in [1.807, 2.05) is 23.5 Å². The highest BCUT2D eigenvalue weighted by atomic mass is 32.1.